The van der Waals surface area contributed by atoms with Gasteiger partial charge in [-0.15, -0.1) is 0 Å². The predicted molar refractivity (Wildman–Crippen MR) is 92.4 cm³/mol. The van der Waals surface area contributed by atoms with Gasteiger partial charge < -0.3 is 14.8 Å². The highest BCUT2D eigenvalue weighted by Crippen LogP contribution is 2.25. The summed E-state index contributed by atoms with van der Waals surface area (Å²) in [6.45, 7) is 1.35. The number of nitro groups is 1. The molecule has 26 heavy (non-hydrogen) atoms. The highest BCUT2D eigenvalue weighted by atomic mass is 35.5. The molecule has 1 amide bonds. The number of carbonyl (C=O) groups excluding carboxylic acids is 2. The van der Waals surface area contributed by atoms with Gasteiger partial charge in [0.05, 0.1) is 17.7 Å². The van der Waals surface area contributed by atoms with E-state index in [0.29, 0.717) is 0 Å². The molecule has 1 heterocycles. The van der Waals surface area contributed by atoms with Gasteiger partial charge in [-0.05, 0) is 25.1 Å². The summed E-state index contributed by atoms with van der Waals surface area (Å²) in [6.07, 6.45) is 0.262. The Labute approximate surface area is 153 Å². The molecule has 136 valence electrons. The number of benzene rings is 1. The Morgan fingerprint density at radius 3 is 2.69 bits per heavy atom. The number of nitrogens with zero attached hydrogens (tertiary/aromatic N) is 2. The quantitative estimate of drug-likeness (QED) is 0.354. The number of nitro benzene ring substituents is 1. The number of pyridine rings is 1. The number of anilines is 1. The Morgan fingerprint density at radius 1 is 1.35 bits per heavy atom. The summed E-state index contributed by atoms with van der Waals surface area (Å²) in [7, 11) is 1.30. The topological polar surface area (TPSA) is 121 Å². The fourth-order valence-corrected chi connectivity index (χ4v) is 2.13. The fourth-order valence-electron chi connectivity index (χ4n) is 1.96. The van der Waals surface area contributed by atoms with Crippen molar-refractivity contribution in [2.75, 3.05) is 12.4 Å². The van der Waals surface area contributed by atoms with E-state index in [1.807, 2.05) is 0 Å². The first-order chi connectivity index (χ1) is 12.3. The monoisotopic (exact) mass is 379 g/mol. The van der Waals surface area contributed by atoms with Crippen LogP contribution in [0.1, 0.15) is 17.3 Å². The number of hydrogen-bond acceptors (Lipinski definition) is 7. The molecule has 9 nitrogen and oxygen atoms in total. The lowest BCUT2D eigenvalue weighted by Crippen LogP contribution is -2.30. The number of methoxy groups -OCH3 is 1. The fraction of sp³-hybridized carbons (Fsp3) is 0.188. The normalized spacial score (nSPS) is 11.3. The Kier molecular flexibility index (Phi) is 6.07. The Morgan fingerprint density at radius 2 is 2.08 bits per heavy atom. The van der Waals surface area contributed by atoms with Gasteiger partial charge in [-0.1, -0.05) is 11.6 Å². The average Bonchev–Trinajstić information content (AvgIpc) is 2.62. The number of halogens is 1. The van der Waals surface area contributed by atoms with Crippen LogP contribution in [0.4, 0.5) is 11.4 Å². The zero-order valence-electron chi connectivity index (χ0n) is 13.8. The molecular formula is C16H14ClN3O6. The highest BCUT2D eigenvalue weighted by molar-refractivity contribution is 6.32. The number of rotatable bonds is 6. The van der Waals surface area contributed by atoms with Crippen LogP contribution in [0.2, 0.25) is 5.15 Å². The molecule has 0 fully saturated rings. The molecule has 10 heteroatoms. The van der Waals surface area contributed by atoms with Gasteiger partial charge in [0.15, 0.2) is 11.3 Å². The maximum Gasteiger partial charge on any atom is 0.342 e. The van der Waals surface area contributed by atoms with Crippen LogP contribution in [0, 0.1) is 10.1 Å². The van der Waals surface area contributed by atoms with Gasteiger partial charge in [0.1, 0.15) is 11.3 Å². The minimum Gasteiger partial charge on any atom is -0.496 e. The maximum absolute atomic E-state index is 12.3. The number of amides is 1. The SMILES string of the molecule is COc1ccc([N+](=O)[O-])cc1C(=O)O[C@@H](C)C(=O)Nc1cccnc1Cl. The number of aromatic nitrogens is 1. The lowest BCUT2D eigenvalue weighted by atomic mass is 10.1. The van der Waals surface area contributed by atoms with Gasteiger partial charge in [-0.25, -0.2) is 9.78 Å². The van der Waals surface area contributed by atoms with E-state index in [9.17, 15) is 19.7 Å². The number of carbonyl (C=O) groups is 2. The van der Waals surface area contributed by atoms with Crippen molar-refractivity contribution in [3.05, 3.63) is 57.4 Å². The first kappa shape index (κ1) is 19.1. The van der Waals surface area contributed by atoms with E-state index in [1.54, 1.807) is 6.07 Å². The Balaban J connectivity index is 2.13. The molecule has 2 aromatic rings. The lowest BCUT2D eigenvalue weighted by Gasteiger charge is -2.15. The highest BCUT2D eigenvalue weighted by Gasteiger charge is 2.24. The van der Waals surface area contributed by atoms with Gasteiger partial charge in [-0.3, -0.25) is 14.9 Å². The summed E-state index contributed by atoms with van der Waals surface area (Å²) >= 11 is 5.85. The van der Waals surface area contributed by atoms with Gasteiger partial charge in [-0.2, -0.15) is 0 Å². The van der Waals surface area contributed by atoms with E-state index in [0.717, 1.165) is 6.07 Å². The second-order valence-electron chi connectivity index (χ2n) is 5.02. The van der Waals surface area contributed by atoms with Gasteiger partial charge >= 0.3 is 5.97 Å². The van der Waals surface area contributed by atoms with E-state index < -0.39 is 22.9 Å². The molecule has 1 aromatic carbocycles. The number of non-ortho nitro benzene ring substituents is 1. The molecular weight excluding hydrogens is 366 g/mol. The van der Waals surface area contributed by atoms with Crippen LogP contribution in [0.15, 0.2) is 36.5 Å². The number of esters is 1. The first-order valence-electron chi connectivity index (χ1n) is 7.28. The lowest BCUT2D eigenvalue weighted by molar-refractivity contribution is -0.384. The Bertz CT molecular complexity index is 858. The van der Waals surface area contributed by atoms with E-state index in [4.69, 9.17) is 21.1 Å². The van der Waals surface area contributed by atoms with E-state index in [1.165, 1.54) is 38.4 Å². The van der Waals surface area contributed by atoms with Crippen LogP contribution in [-0.4, -0.2) is 35.0 Å². The molecule has 0 aliphatic heterocycles. The van der Waals surface area contributed by atoms with Crippen LogP contribution in [0.5, 0.6) is 5.75 Å². The number of ether oxygens (including phenoxy) is 2. The van der Waals surface area contributed by atoms with Crippen molar-refractivity contribution in [1.29, 1.82) is 0 Å². The third-order valence-corrected chi connectivity index (χ3v) is 3.58. The molecule has 0 radical (unpaired) electrons. The summed E-state index contributed by atoms with van der Waals surface area (Å²) in [5.74, 6) is -1.49. The van der Waals surface area contributed by atoms with Crippen molar-refractivity contribution in [3.63, 3.8) is 0 Å². The van der Waals surface area contributed by atoms with Crippen molar-refractivity contribution in [3.8, 4) is 5.75 Å². The molecule has 0 saturated carbocycles. The second kappa shape index (κ2) is 8.26. The van der Waals surface area contributed by atoms with Gasteiger partial charge in [0.25, 0.3) is 11.6 Å². The maximum atomic E-state index is 12.3. The van der Waals surface area contributed by atoms with Gasteiger partial charge in [0.2, 0.25) is 0 Å². The number of nitrogens with one attached hydrogen (secondary N) is 1. The van der Waals surface area contributed by atoms with Crippen molar-refractivity contribution in [2.45, 2.75) is 13.0 Å². The second-order valence-corrected chi connectivity index (χ2v) is 5.38. The zero-order chi connectivity index (χ0) is 19.3. The molecule has 1 N–H and O–H groups in total. The van der Waals surface area contributed by atoms with Gasteiger partial charge in [0, 0.05) is 18.3 Å². The van der Waals surface area contributed by atoms with Crippen molar-refractivity contribution in [2.24, 2.45) is 0 Å². The zero-order valence-corrected chi connectivity index (χ0v) is 14.5. The summed E-state index contributed by atoms with van der Waals surface area (Å²) in [5.41, 5.74) is -0.215. The first-order valence-corrected chi connectivity index (χ1v) is 7.66. The molecule has 0 aliphatic rings. The summed E-state index contributed by atoms with van der Waals surface area (Å²) in [6, 6.07) is 6.59. The summed E-state index contributed by atoms with van der Waals surface area (Å²) in [5, 5.41) is 13.4. The molecule has 0 spiro atoms. The molecule has 0 bridgehead atoms. The molecule has 2 rings (SSSR count). The third-order valence-electron chi connectivity index (χ3n) is 3.28. The van der Waals surface area contributed by atoms with Crippen LogP contribution >= 0.6 is 11.6 Å². The molecule has 0 unspecified atom stereocenters. The average molecular weight is 380 g/mol. The van der Waals surface area contributed by atoms with Crippen molar-refractivity contribution in [1.82, 2.24) is 4.98 Å². The Hall–Kier alpha value is -3.20. The van der Waals surface area contributed by atoms with E-state index in [2.05, 4.69) is 10.3 Å². The predicted octanol–water partition coefficient (Wildman–Crippen LogP) is 2.84. The molecule has 0 saturated heterocycles. The minimum absolute atomic E-state index is 0.0831. The van der Waals surface area contributed by atoms with E-state index >= 15 is 0 Å². The van der Waals surface area contributed by atoms with Crippen molar-refractivity contribution >= 4 is 34.9 Å². The smallest absolute Gasteiger partial charge is 0.342 e. The standard InChI is InChI=1S/C16H14ClN3O6/c1-9(15(21)19-12-4-3-7-18-14(12)17)26-16(22)11-8-10(20(23)24)5-6-13(11)25-2/h3-9H,1-2H3,(H,19,21)/t9-/m0/s1. The van der Waals surface area contributed by atoms with E-state index in [-0.39, 0.29) is 27.8 Å². The van der Waals surface area contributed by atoms with Crippen LogP contribution in [0.3, 0.4) is 0 Å². The summed E-state index contributed by atoms with van der Waals surface area (Å²) < 4.78 is 10.1. The third kappa shape index (κ3) is 4.45. The summed E-state index contributed by atoms with van der Waals surface area (Å²) in [4.78, 5) is 38.5. The molecule has 1 atom stereocenters. The van der Waals surface area contributed by atoms with Crippen molar-refractivity contribution < 1.29 is 24.0 Å². The van der Waals surface area contributed by atoms with Crippen LogP contribution in [-0.2, 0) is 9.53 Å². The minimum atomic E-state index is -1.19. The van der Waals surface area contributed by atoms with Crippen LogP contribution in [0.25, 0.3) is 0 Å². The number of hydrogen-bond donors (Lipinski definition) is 1. The van der Waals surface area contributed by atoms with Crippen LogP contribution < -0.4 is 10.1 Å². The molecule has 0 aliphatic carbocycles. The molecule has 1 aromatic heterocycles. The largest absolute Gasteiger partial charge is 0.496 e.